The van der Waals surface area contributed by atoms with E-state index in [1.165, 1.54) is 12.1 Å². The summed E-state index contributed by atoms with van der Waals surface area (Å²) >= 11 is 6.29. The Morgan fingerprint density at radius 1 is 0.805 bits per heavy atom. The van der Waals surface area contributed by atoms with Crippen LogP contribution in [-0.2, 0) is 20.2 Å². The van der Waals surface area contributed by atoms with Gasteiger partial charge in [0.25, 0.3) is 15.9 Å². The summed E-state index contributed by atoms with van der Waals surface area (Å²) in [5.41, 5.74) is 3.31. The number of anilines is 3. The number of halogens is 1. The van der Waals surface area contributed by atoms with Crippen molar-refractivity contribution in [1.29, 1.82) is 0 Å². The maximum Gasteiger partial charge on any atom is 0.264 e. The van der Waals surface area contributed by atoms with E-state index in [4.69, 9.17) is 11.6 Å². The van der Waals surface area contributed by atoms with E-state index < -0.39 is 22.5 Å². The van der Waals surface area contributed by atoms with Crippen LogP contribution >= 0.6 is 11.6 Å². The lowest BCUT2D eigenvalue weighted by molar-refractivity contribution is -0.114. The van der Waals surface area contributed by atoms with Gasteiger partial charge in [0.2, 0.25) is 5.91 Å². The smallest absolute Gasteiger partial charge is 0.264 e. The van der Waals surface area contributed by atoms with Gasteiger partial charge in [0.1, 0.15) is 6.54 Å². The molecule has 7 nitrogen and oxygen atoms in total. The summed E-state index contributed by atoms with van der Waals surface area (Å²) in [7, 11) is -4.09. The van der Waals surface area contributed by atoms with Crippen molar-refractivity contribution in [1.82, 2.24) is 0 Å². The highest BCUT2D eigenvalue weighted by atomic mass is 35.5. The maximum atomic E-state index is 13.6. The Bertz CT molecular complexity index is 1670. The molecule has 9 heteroatoms. The molecule has 0 aromatic heterocycles. The number of carbonyl (C=O) groups is 2. The topological polar surface area (TPSA) is 95.6 Å². The van der Waals surface area contributed by atoms with Crippen LogP contribution in [0.2, 0.25) is 5.02 Å². The summed E-state index contributed by atoms with van der Waals surface area (Å²) in [5, 5.41) is 5.97. The predicted molar refractivity (Wildman–Crippen MR) is 165 cm³/mol. The van der Waals surface area contributed by atoms with Crippen LogP contribution in [0.3, 0.4) is 0 Å². The van der Waals surface area contributed by atoms with Gasteiger partial charge in [-0.25, -0.2) is 8.42 Å². The fraction of sp³-hybridized carbons (Fsp3) is 0.188. The van der Waals surface area contributed by atoms with E-state index in [-0.39, 0.29) is 16.2 Å². The van der Waals surface area contributed by atoms with Gasteiger partial charge in [-0.2, -0.15) is 0 Å². The Hall–Kier alpha value is -4.14. The first-order chi connectivity index (χ1) is 19.4. The van der Waals surface area contributed by atoms with E-state index in [0.29, 0.717) is 33.2 Å². The lowest BCUT2D eigenvalue weighted by atomic mass is 9.87. The normalized spacial score (nSPS) is 11.5. The number of nitrogens with one attached hydrogen (secondary N) is 2. The third kappa shape index (κ3) is 7.14. The quantitative estimate of drug-likeness (QED) is 0.231. The Morgan fingerprint density at radius 3 is 2.05 bits per heavy atom. The minimum atomic E-state index is -4.09. The van der Waals surface area contributed by atoms with Gasteiger partial charge in [-0.05, 0) is 78.1 Å². The molecule has 0 aliphatic carbocycles. The van der Waals surface area contributed by atoms with Gasteiger partial charge in [-0.1, -0.05) is 74.8 Å². The van der Waals surface area contributed by atoms with Crippen molar-refractivity contribution >= 4 is 50.5 Å². The van der Waals surface area contributed by atoms with Crippen LogP contribution in [0.15, 0.2) is 102 Å². The number of rotatable bonds is 8. The second-order valence-electron chi connectivity index (χ2n) is 10.6. The number of hydrogen-bond donors (Lipinski definition) is 2. The largest absolute Gasteiger partial charge is 0.324 e. The van der Waals surface area contributed by atoms with Crippen LogP contribution in [0.4, 0.5) is 17.1 Å². The van der Waals surface area contributed by atoms with Crippen LogP contribution in [-0.4, -0.2) is 26.8 Å². The van der Waals surface area contributed by atoms with Gasteiger partial charge >= 0.3 is 0 Å². The van der Waals surface area contributed by atoms with E-state index in [2.05, 4.69) is 31.4 Å². The fourth-order valence-corrected chi connectivity index (χ4v) is 5.89. The van der Waals surface area contributed by atoms with Crippen molar-refractivity contribution in [2.24, 2.45) is 0 Å². The molecule has 0 fully saturated rings. The molecule has 0 aliphatic rings. The van der Waals surface area contributed by atoms with E-state index in [1.54, 1.807) is 79.7 Å². The van der Waals surface area contributed by atoms with Crippen molar-refractivity contribution < 1.29 is 18.0 Å². The molecule has 212 valence electrons. The van der Waals surface area contributed by atoms with Crippen molar-refractivity contribution in [3.8, 4) is 0 Å². The minimum Gasteiger partial charge on any atom is -0.324 e. The summed E-state index contributed by atoms with van der Waals surface area (Å²) in [4.78, 5) is 26.1. The third-order valence-electron chi connectivity index (χ3n) is 6.54. The molecule has 2 amide bonds. The van der Waals surface area contributed by atoms with Crippen LogP contribution in [0.25, 0.3) is 0 Å². The predicted octanol–water partition coefficient (Wildman–Crippen LogP) is 7.03. The average Bonchev–Trinajstić information content (AvgIpc) is 2.93. The molecule has 4 rings (SSSR count). The van der Waals surface area contributed by atoms with Crippen LogP contribution in [0.5, 0.6) is 0 Å². The molecule has 0 bridgehead atoms. The van der Waals surface area contributed by atoms with Gasteiger partial charge in [0.05, 0.1) is 10.6 Å². The standard InChI is InChI=1S/C32H32ClN3O4S/c1-22-28(33)14-9-15-29(22)36(41(39,40)27-12-6-5-7-13-27)21-30(37)34-25-10-8-11-26(20-25)35-31(38)23-16-18-24(19-17-23)32(2,3)4/h5-20H,21H2,1-4H3,(H,34,37)(H,35,38). The summed E-state index contributed by atoms with van der Waals surface area (Å²) in [6, 6.07) is 26.9. The second kappa shape index (κ2) is 12.2. The first kappa shape index (κ1) is 29.8. The summed E-state index contributed by atoms with van der Waals surface area (Å²) in [6.07, 6.45) is 0. The molecular weight excluding hydrogens is 558 g/mol. The average molecular weight is 590 g/mol. The lowest BCUT2D eigenvalue weighted by Gasteiger charge is -2.26. The minimum absolute atomic E-state index is 0.0248. The van der Waals surface area contributed by atoms with E-state index in [1.807, 2.05) is 12.1 Å². The highest BCUT2D eigenvalue weighted by Gasteiger charge is 2.28. The number of hydrogen-bond acceptors (Lipinski definition) is 4. The Kier molecular flexibility index (Phi) is 8.85. The highest BCUT2D eigenvalue weighted by molar-refractivity contribution is 7.92. The Balaban J connectivity index is 1.53. The number of sulfonamides is 1. The molecule has 0 unspecified atom stereocenters. The number of carbonyl (C=O) groups excluding carboxylic acids is 2. The first-order valence-corrected chi connectivity index (χ1v) is 14.8. The summed E-state index contributed by atoms with van der Waals surface area (Å²) < 4.78 is 28.3. The molecule has 4 aromatic carbocycles. The molecule has 0 saturated carbocycles. The van der Waals surface area contributed by atoms with Crippen molar-refractivity contribution in [2.75, 3.05) is 21.5 Å². The van der Waals surface area contributed by atoms with Crippen molar-refractivity contribution in [3.05, 3.63) is 119 Å². The molecule has 2 N–H and O–H groups in total. The molecule has 0 spiro atoms. The molecule has 4 aromatic rings. The third-order valence-corrected chi connectivity index (χ3v) is 8.73. The van der Waals surface area contributed by atoms with E-state index in [0.717, 1.165) is 9.87 Å². The molecular formula is C32H32ClN3O4S. The van der Waals surface area contributed by atoms with Gasteiger partial charge in [0, 0.05) is 22.0 Å². The molecule has 0 heterocycles. The lowest BCUT2D eigenvalue weighted by Crippen LogP contribution is -2.38. The van der Waals surface area contributed by atoms with Crippen LogP contribution in [0.1, 0.15) is 42.3 Å². The van der Waals surface area contributed by atoms with Gasteiger partial charge in [0.15, 0.2) is 0 Å². The zero-order valence-corrected chi connectivity index (χ0v) is 24.9. The zero-order valence-electron chi connectivity index (χ0n) is 23.3. The SMILES string of the molecule is Cc1c(Cl)cccc1N(CC(=O)Nc1cccc(NC(=O)c2ccc(C(C)(C)C)cc2)c1)S(=O)(=O)c1ccccc1. The van der Waals surface area contributed by atoms with Crippen LogP contribution in [0, 0.1) is 6.92 Å². The zero-order chi connectivity index (χ0) is 29.8. The first-order valence-electron chi connectivity index (χ1n) is 13.0. The monoisotopic (exact) mass is 589 g/mol. The van der Waals surface area contributed by atoms with Crippen LogP contribution < -0.4 is 14.9 Å². The summed E-state index contributed by atoms with van der Waals surface area (Å²) in [5.74, 6) is -0.851. The maximum absolute atomic E-state index is 13.6. The van der Waals surface area contributed by atoms with Gasteiger partial charge < -0.3 is 10.6 Å². The molecule has 41 heavy (non-hydrogen) atoms. The number of nitrogens with zero attached hydrogens (tertiary/aromatic N) is 1. The Morgan fingerprint density at radius 2 is 1.41 bits per heavy atom. The molecule has 0 atom stereocenters. The molecule has 0 aliphatic heterocycles. The fourth-order valence-electron chi connectivity index (χ4n) is 4.22. The van der Waals surface area contributed by atoms with Crippen molar-refractivity contribution in [2.45, 2.75) is 38.0 Å². The summed E-state index contributed by atoms with van der Waals surface area (Å²) in [6.45, 7) is 7.53. The van der Waals surface area contributed by atoms with Gasteiger partial charge in [-0.3, -0.25) is 13.9 Å². The molecule has 0 saturated heterocycles. The van der Waals surface area contributed by atoms with Crippen molar-refractivity contribution in [3.63, 3.8) is 0 Å². The number of benzene rings is 4. The highest BCUT2D eigenvalue weighted by Crippen LogP contribution is 2.31. The van der Waals surface area contributed by atoms with Gasteiger partial charge in [-0.15, -0.1) is 0 Å². The van der Waals surface area contributed by atoms with E-state index in [9.17, 15) is 18.0 Å². The van der Waals surface area contributed by atoms with E-state index >= 15 is 0 Å². The Labute approximate surface area is 246 Å². The number of amides is 2. The molecule has 0 radical (unpaired) electrons. The second-order valence-corrected chi connectivity index (χ2v) is 12.9.